The van der Waals surface area contributed by atoms with Crippen LogP contribution in [0.5, 0.6) is 5.75 Å². The first-order valence-corrected chi connectivity index (χ1v) is 8.04. The van der Waals surface area contributed by atoms with E-state index in [0.29, 0.717) is 11.3 Å². The van der Waals surface area contributed by atoms with E-state index < -0.39 is 17.9 Å². The van der Waals surface area contributed by atoms with E-state index in [1.807, 2.05) is 6.07 Å². The summed E-state index contributed by atoms with van der Waals surface area (Å²) in [5.41, 5.74) is 6.30. The van der Waals surface area contributed by atoms with E-state index in [1.165, 1.54) is 21.3 Å². The largest absolute Gasteiger partial charge is 0.495 e. The number of hydrogen-bond acceptors (Lipinski definition) is 8. The lowest BCUT2D eigenvalue weighted by atomic mass is 9.82. The predicted octanol–water partition coefficient (Wildman–Crippen LogP) is 2.15. The van der Waals surface area contributed by atoms with Crippen LogP contribution in [0.2, 0.25) is 5.02 Å². The molecular formula is C18H17ClN2O6. The molecule has 142 valence electrons. The minimum atomic E-state index is -0.931. The number of ether oxygens (including phenoxy) is 4. The Bertz CT molecular complexity index is 884. The highest BCUT2D eigenvalue weighted by Gasteiger charge is 2.38. The van der Waals surface area contributed by atoms with Crippen LogP contribution in [0, 0.1) is 11.3 Å². The molecule has 0 fully saturated rings. The quantitative estimate of drug-likeness (QED) is 0.756. The van der Waals surface area contributed by atoms with Gasteiger partial charge in [0.15, 0.2) is 0 Å². The number of halogens is 1. The Hall–Kier alpha value is -3.18. The number of nitriles is 1. The topological polar surface area (TPSA) is 121 Å². The number of nitrogens with two attached hydrogens (primary N) is 1. The number of methoxy groups -OCH3 is 3. The Morgan fingerprint density at radius 1 is 1.30 bits per heavy atom. The van der Waals surface area contributed by atoms with E-state index in [-0.39, 0.29) is 34.2 Å². The molecule has 0 saturated carbocycles. The zero-order valence-corrected chi connectivity index (χ0v) is 15.6. The maximum Gasteiger partial charge on any atom is 0.338 e. The molecule has 1 heterocycles. The number of nitrogens with zero attached hydrogens (tertiary/aromatic N) is 1. The summed E-state index contributed by atoms with van der Waals surface area (Å²) in [6.45, 7) is 0. The molecule has 1 aromatic carbocycles. The van der Waals surface area contributed by atoms with Gasteiger partial charge in [-0.2, -0.15) is 5.26 Å². The van der Waals surface area contributed by atoms with Crippen LogP contribution in [0.15, 0.2) is 41.0 Å². The average Bonchev–Trinajstić information content (AvgIpc) is 2.66. The maximum absolute atomic E-state index is 12.5. The summed E-state index contributed by atoms with van der Waals surface area (Å²) in [6, 6.07) is 6.71. The standard InChI is InChI=1S/C18H17ClN2O6/c1-24-12-5-4-9(6-11(12)19)15-10(8-20)17(21)27-13(7-14(22)25-2)16(15)18(23)26-3/h4-6,15H,7,21H2,1-3H3/t15-/m0/s1. The van der Waals surface area contributed by atoms with Gasteiger partial charge in [-0.3, -0.25) is 4.79 Å². The number of allylic oxidation sites excluding steroid dienone is 1. The molecule has 0 amide bonds. The number of esters is 2. The molecule has 0 aromatic heterocycles. The highest BCUT2D eigenvalue weighted by molar-refractivity contribution is 6.32. The van der Waals surface area contributed by atoms with Crippen molar-refractivity contribution >= 4 is 23.5 Å². The van der Waals surface area contributed by atoms with Crippen LogP contribution in [0.1, 0.15) is 17.9 Å². The van der Waals surface area contributed by atoms with Crippen molar-refractivity contribution in [1.82, 2.24) is 0 Å². The molecule has 27 heavy (non-hydrogen) atoms. The molecule has 0 bridgehead atoms. The first-order valence-electron chi connectivity index (χ1n) is 7.67. The minimum absolute atomic E-state index is 0.00903. The summed E-state index contributed by atoms with van der Waals surface area (Å²) in [5, 5.41) is 9.83. The highest BCUT2D eigenvalue weighted by Crippen LogP contribution is 2.42. The fraction of sp³-hybridized carbons (Fsp3) is 0.278. The molecule has 1 atom stereocenters. The Labute approximate surface area is 160 Å². The molecule has 8 nitrogen and oxygen atoms in total. The second-order valence-corrected chi connectivity index (χ2v) is 5.81. The zero-order valence-electron chi connectivity index (χ0n) is 14.9. The van der Waals surface area contributed by atoms with E-state index >= 15 is 0 Å². The molecule has 2 rings (SSSR count). The predicted molar refractivity (Wildman–Crippen MR) is 94.3 cm³/mol. The van der Waals surface area contributed by atoms with Gasteiger partial charge in [0.05, 0.1) is 37.8 Å². The van der Waals surface area contributed by atoms with Crippen molar-refractivity contribution in [2.45, 2.75) is 12.3 Å². The lowest BCUT2D eigenvalue weighted by molar-refractivity contribution is -0.140. The van der Waals surface area contributed by atoms with E-state index in [4.69, 9.17) is 31.5 Å². The van der Waals surface area contributed by atoms with E-state index in [2.05, 4.69) is 4.74 Å². The van der Waals surface area contributed by atoms with Crippen molar-refractivity contribution < 1.29 is 28.5 Å². The summed E-state index contributed by atoms with van der Waals surface area (Å²) in [6.07, 6.45) is -0.360. The second-order valence-electron chi connectivity index (χ2n) is 5.40. The first-order chi connectivity index (χ1) is 12.9. The smallest absolute Gasteiger partial charge is 0.338 e. The number of hydrogen-bond donors (Lipinski definition) is 1. The lowest BCUT2D eigenvalue weighted by Crippen LogP contribution is -2.27. The lowest BCUT2D eigenvalue weighted by Gasteiger charge is -2.27. The molecule has 1 aliphatic heterocycles. The van der Waals surface area contributed by atoms with Crippen molar-refractivity contribution in [2.75, 3.05) is 21.3 Å². The van der Waals surface area contributed by atoms with Gasteiger partial charge in [-0.05, 0) is 17.7 Å². The number of carbonyl (C=O) groups excluding carboxylic acids is 2. The number of carbonyl (C=O) groups is 2. The van der Waals surface area contributed by atoms with Crippen LogP contribution in [0.3, 0.4) is 0 Å². The third-order valence-electron chi connectivity index (χ3n) is 3.94. The minimum Gasteiger partial charge on any atom is -0.495 e. The molecule has 0 unspecified atom stereocenters. The van der Waals surface area contributed by atoms with Crippen LogP contribution < -0.4 is 10.5 Å². The second kappa shape index (κ2) is 8.47. The van der Waals surface area contributed by atoms with Crippen LogP contribution >= 0.6 is 11.6 Å². The van der Waals surface area contributed by atoms with E-state index in [9.17, 15) is 14.9 Å². The molecule has 0 saturated heterocycles. The number of benzene rings is 1. The van der Waals surface area contributed by atoms with E-state index in [0.717, 1.165) is 0 Å². The third kappa shape index (κ3) is 3.99. The molecule has 0 radical (unpaired) electrons. The molecule has 1 aliphatic rings. The SMILES string of the molecule is COC(=O)CC1=C(C(=O)OC)[C@@H](c2ccc(OC)c(Cl)c2)C(C#N)=C(N)O1. The molecule has 2 N–H and O–H groups in total. The van der Waals surface area contributed by atoms with Crippen LogP contribution in [-0.4, -0.2) is 33.3 Å². The summed E-state index contributed by atoms with van der Waals surface area (Å²) in [7, 11) is 3.84. The van der Waals surface area contributed by atoms with Gasteiger partial charge in [-0.15, -0.1) is 0 Å². The van der Waals surface area contributed by atoms with Gasteiger partial charge < -0.3 is 24.7 Å². The van der Waals surface area contributed by atoms with Crippen LogP contribution in [-0.2, 0) is 23.8 Å². The summed E-state index contributed by atoms with van der Waals surface area (Å²) >= 11 is 6.19. The zero-order chi connectivity index (χ0) is 20.1. The highest BCUT2D eigenvalue weighted by atomic mass is 35.5. The van der Waals surface area contributed by atoms with Crippen LogP contribution in [0.4, 0.5) is 0 Å². The monoisotopic (exact) mass is 392 g/mol. The van der Waals surface area contributed by atoms with Gasteiger partial charge in [0.2, 0.25) is 5.88 Å². The Morgan fingerprint density at radius 3 is 2.52 bits per heavy atom. The molecular weight excluding hydrogens is 376 g/mol. The van der Waals surface area contributed by atoms with Crippen molar-refractivity contribution in [1.29, 1.82) is 5.26 Å². The molecule has 1 aromatic rings. The Balaban J connectivity index is 2.70. The maximum atomic E-state index is 12.5. The fourth-order valence-corrected chi connectivity index (χ4v) is 2.95. The van der Waals surface area contributed by atoms with Gasteiger partial charge in [-0.1, -0.05) is 17.7 Å². The normalized spacial score (nSPS) is 16.3. The fourth-order valence-electron chi connectivity index (χ4n) is 2.68. The Morgan fingerprint density at radius 2 is 2.00 bits per heavy atom. The van der Waals surface area contributed by atoms with Gasteiger partial charge >= 0.3 is 11.9 Å². The van der Waals surface area contributed by atoms with Gasteiger partial charge in [0.25, 0.3) is 0 Å². The van der Waals surface area contributed by atoms with E-state index in [1.54, 1.807) is 18.2 Å². The molecule has 0 spiro atoms. The van der Waals surface area contributed by atoms with Crippen LogP contribution in [0.25, 0.3) is 0 Å². The summed E-state index contributed by atoms with van der Waals surface area (Å²) < 4.78 is 20.0. The molecule has 9 heteroatoms. The van der Waals surface area contributed by atoms with Crippen molar-refractivity contribution in [2.24, 2.45) is 5.73 Å². The van der Waals surface area contributed by atoms with Crippen molar-refractivity contribution in [3.63, 3.8) is 0 Å². The van der Waals surface area contributed by atoms with Crippen molar-refractivity contribution in [3.05, 3.63) is 51.6 Å². The average molecular weight is 393 g/mol. The first kappa shape index (κ1) is 20.1. The van der Waals surface area contributed by atoms with Gasteiger partial charge in [0.1, 0.15) is 29.6 Å². The van der Waals surface area contributed by atoms with Crippen molar-refractivity contribution in [3.8, 4) is 11.8 Å². The number of rotatable bonds is 5. The summed E-state index contributed by atoms with van der Waals surface area (Å²) in [5.74, 6) is -2.21. The van der Waals surface area contributed by atoms with Gasteiger partial charge in [-0.25, -0.2) is 4.79 Å². The Kier molecular flexibility index (Phi) is 6.32. The third-order valence-corrected chi connectivity index (χ3v) is 4.24. The molecule has 0 aliphatic carbocycles. The van der Waals surface area contributed by atoms with Gasteiger partial charge in [0, 0.05) is 0 Å². The summed E-state index contributed by atoms with van der Waals surface area (Å²) in [4.78, 5) is 24.2.